The zero-order chi connectivity index (χ0) is 20.2. The lowest BCUT2D eigenvalue weighted by atomic mass is 9.79. The maximum Gasteiger partial charge on any atom is 0.324 e. The highest BCUT2D eigenvalue weighted by Crippen LogP contribution is 2.39. The van der Waals surface area contributed by atoms with Gasteiger partial charge in [-0.1, -0.05) is 68.7 Å². The fraction of sp³-hybridized carbons (Fsp3) is 0.636. The molecular weight excluding hydrogens is 390 g/mol. The number of ether oxygens (including phenoxy) is 1. The first-order valence-electron chi connectivity index (χ1n) is 9.57. The fourth-order valence-electron chi connectivity index (χ4n) is 3.39. The van der Waals surface area contributed by atoms with E-state index in [-0.39, 0.29) is 12.0 Å². The Hall–Kier alpha value is -1.16. The highest BCUT2D eigenvalue weighted by atomic mass is 79.9. The van der Waals surface area contributed by atoms with Crippen molar-refractivity contribution in [3.05, 3.63) is 34.9 Å². The second-order valence-corrected chi connectivity index (χ2v) is 8.86. The van der Waals surface area contributed by atoms with E-state index in [1.54, 1.807) is 0 Å². The first-order chi connectivity index (χ1) is 12.0. The summed E-state index contributed by atoms with van der Waals surface area (Å²) < 4.78 is 5.54. The molecule has 2 rings (SSSR count). The molecule has 0 amide bonds. The van der Waals surface area contributed by atoms with E-state index in [2.05, 4.69) is 42.8 Å². The maximum absolute atomic E-state index is 12.5. The Kier molecular flexibility index (Phi) is 8.06. The molecule has 3 nitrogen and oxygen atoms in total. The van der Waals surface area contributed by atoms with Crippen LogP contribution in [-0.2, 0) is 9.53 Å². The summed E-state index contributed by atoms with van der Waals surface area (Å²) in [7, 11) is 0. The molecule has 146 valence electrons. The summed E-state index contributed by atoms with van der Waals surface area (Å²) in [5.74, 6) is 0.557. The van der Waals surface area contributed by atoms with Crippen molar-refractivity contribution in [1.82, 2.24) is 0 Å². The molecular formula is C22H34BrNO2. The number of carbonyl (C=O) groups excluding carboxylic acids is 1. The molecule has 1 aliphatic heterocycles. The lowest BCUT2D eigenvalue weighted by molar-refractivity contribution is -0.154. The largest absolute Gasteiger partial charge is 0.459 e. The van der Waals surface area contributed by atoms with Crippen molar-refractivity contribution in [2.45, 2.75) is 84.7 Å². The summed E-state index contributed by atoms with van der Waals surface area (Å²) in [4.78, 5) is 16.9. The van der Waals surface area contributed by atoms with E-state index in [1.807, 2.05) is 53.7 Å². The number of alkyl halides is 1. The van der Waals surface area contributed by atoms with E-state index in [1.165, 1.54) is 5.56 Å². The predicted molar refractivity (Wildman–Crippen MR) is 115 cm³/mol. The number of benzene rings is 1. The van der Waals surface area contributed by atoms with Gasteiger partial charge in [0.2, 0.25) is 0 Å². The second kappa shape index (κ2) is 9.16. The van der Waals surface area contributed by atoms with Gasteiger partial charge in [-0.05, 0) is 44.7 Å². The number of hydrogen-bond acceptors (Lipinski definition) is 3. The van der Waals surface area contributed by atoms with Gasteiger partial charge in [0.05, 0.1) is 6.04 Å². The molecule has 3 atom stereocenters. The molecule has 1 aromatic carbocycles. The van der Waals surface area contributed by atoms with Gasteiger partial charge in [0.15, 0.2) is 0 Å². The normalized spacial score (nSPS) is 20.5. The smallest absolute Gasteiger partial charge is 0.324 e. The first-order valence-corrected chi connectivity index (χ1v) is 10.5. The predicted octanol–water partition coefficient (Wildman–Crippen LogP) is 6.44. The Morgan fingerprint density at radius 3 is 2.31 bits per heavy atom. The monoisotopic (exact) mass is 423 g/mol. The van der Waals surface area contributed by atoms with E-state index in [0.717, 1.165) is 16.8 Å². The topological polar surface area (TPSA) is 38.7 Å². The molecule has 3 unspecified atom stereocenters. The van der Waals surface area contributed by atoms with E-state index in [0.29, 0.717) is 11.8 Å². The van der Waals surface area contributed by atoms with Crippen molar-refractivity contribution in [2.24, 2.45) is 10.9 Å². The molecule has 4 heteroatoms. The van der Waals surface area contributed by atoms with Gasteiger partial charge in [-0.15, -0.1) is 0 Å². The summed E-state index contributed by atoms with van der Waals surface area (Å²) in [5.41, 5.74) is 3.81. The molecule has 0 saturated carbocycles. The molecule has 0 saturated heterocycles. The Labute approximate surface area is 167 Å². The van der Waals surface area contributed by atoms with Gasteiger partial charge in [0.25, 0.3) is 0 Å². The number of halogens is 1. The van der Waals surface area contributed by atoms with Crippen LogP contribution in [0.5, 0.6) is 0 Å². The van der Waals surface area contributed by atoms with E-state index in [4.69, 9.17) is 9.73 Å². The molecule has 0 N–H and O–H groups in total. The zero-order valence-electron chi connectivity index (χ0n) is 17.7. The number of hydrogen-bond donors (Lipinski definition) is 0. The minimum atomic E-state index is -0.503. The molecule has 26 heavy (non-hydrogen) atoms. The molecule has 1 aromatic rings. The molecule has 0 fully saturated rings. The van der Waals surface area contributed by atoms with E-state index < -0.39 is 10.4 Å². The van der Waals surface area contributed by atoms with Crippen molar-refractivity contribution >= 4 is 27.6 Å². The maximum atomic E-state index is 12.5. The first kappa shape index (κ1) is 22.9. The third-order valence-corrected chi connectivity index (χ3v) is 5.27. The standard InChI is InChI=1S/C20H28BrNO2.C2H6/c1-11(2)18-12(3)14-9-8-10-15(16(14)13(4)22-18)17(21)19(23)24-20(5,6)7;1-2/h8-12,17-18H,1-7H3;1-2H3. The van der Waals surface area contributed by atoms with Crippen molar-refractivity contribution in [3.8, 4) is 0 Å². The lowest BCUT2D eigenvalue weighted by Gasteiger charge is -2.33. The highest BCUT2D eigenvalue weighted by molar-refractivity contribution is 9.09. The molecule has 0 bridgehead atoms. The Morgan fingerprint density at radius 1 is 1.23 bits per heavy atom. The highest BCUT2D eigenvalue weighted by Gasteiger charge is 2.33. The summed E-state index contributed by atoms with van der Waals surface area (Å²) in [5, 5.41) is 0. The lowest BCUT2D eigenvalue weighted by Crippen LogP contribution is -2.30. The Bertz CT molecular complexity index is 659. The average Bonchev–Trinajstić information content (AvgIpc) is 2.56. The van der Waals surface area contributed by atoms with Crippen molar-refractivity contribution in [2.75, 3.05) is 0 Å². The summed E-state index contributed by atoms with van der Waals surface area (Å²) in [6, 6.07) is 6.46. The number of fused-ring (bicyclic) bond motifs is 1. The third-order valence-electron chi connectivity index (χ3n) is 4.41. The summed E-state index contributed by atoms with van der Waals surface area (Å²) in [6.45, 7) is 18.3. The van der Waals surface area contributed by atoms with Crippen molar-refractivity contribution < 1.29 is 9.53 Å². The van der Waals surface area contributed by atoms with Gasteiger partial charge in [0, 0.05) is 17.2 Å². The van der Waals surface area contributed by atoms with Crippen LogP contribution in [0.25, 0.3) is 0 Å². The van der Waals surface area contributed by atoms with Crippen LogP contribution in [0.3, 0.4) is 0 Å². The number of nitrogens with zero attached hydrogens (tertiary/aromatic N) is 1. The van der Waals surface area contributed by atoms with Crippen LogP contribution < -0.4 is 0 Å². The molecule has 0 aromatic heterocycles. The quantitative estimate of drug-likeness (QED) is 0.414. The van der Waals surface area contributed by atoms with Gasteiger partial charge < -0.3 is 4.74 Å². The van der Waals surface area contributed by atoms with Crippen LogP contribution >= 0.6 is 15.9 Å². The van der Waals surface area contributed by atoms with Crippen molar-refractivity contribution in [1.29, 1.82) is 0 Å². The molecule has 0 spiro atoms. The van der Waals surface area contributed by atoms with Crippen molar-refractivity contribution in [3.63, 3.8) is 0 Å². The number of aliphatic imine (C=N–C) groups is 1. The molecule has 0 radical (unpaired) electrons. The zero-order valence-corrected chi connectivity index (χ0v) is 19.3. The van der Waals surface area contributed by atoms with Crippen LogP contribution in [0.2, 0.25) is 0 Å². The summed E-state index contributed by atoms with van der Waals surface area (Å²) >= 11 is 3.55. The SMILES string of the molecule is CC.CC1=NC(C(C)C)C(C)c2cccc(C(Br)C(=O)OC(C)(C)C)c21. The molecule has 0 aliphatic carbocycles. The average molecular weight is 424 g/mol. The van der Waals surface area contributed by atoms with Gasteiger partial charge in [-0.25, -0.2) is 0 Å². The Balaban J connectivity index is 0.00000163. The second-order valence-electron chi connectivity index (χ2n) is 7.95. The fourth-order valence-corrected chi connectivity index (χ4v) is 3.86. The van der Waals surface area contributed by atoms with Crippen LogP contribution in [-0.4, -0.2) is 23.3 Å². The summed E-state index contributed by atoms with van der Waals surface area (Å²) in [6.07, 6.45) is 0. The molecule has 1 heterocycles. The van der Waals surface area contributed by atoms with Crippen LogP contribution in [0.1, 0.15) is 89.7 Å². The third kappa shape index (κ3) is 5.18. The number of esters is 1. The van der Waals surface area contributed by atoms with Gasteiger partial charge >= 0.3 is 5.97 Å². The van der Waals surface area contributed by atoms with Gasteiger partial charge in [0.1, 0.15) is 10.4 Å². The van der Waals surface area contributed by atoms with Crippen LogP contribution in [0, 0.1) is 5.92 Å². The van der Waals surface area contributed by atoms with E-state index in [9.17, 15) is 4.79 Å². The van der Waals surface area contributed by atoms with Crippen LogP contribution in [0.15, 0.2) is 23.2 Å². The minimum absolute atomic E-state index is 0.262. The molecule has 1 aliphatic rings. The van der Waals surface area contributed by atoms with Gasteiger partial charge in [-0.3, -0.25) is 9.79 Å². The number of carbonyl (C=O) groups is 1. The van der Waals surface area contributed by atoms with E-state index >= 15 is 0 Å². The minimum Gasteiger partial charge on any atom is -0.459 e. The Morgan fingerprint density at radius 2 is 1.81 bits per heavy atom. The van der Waals surface area contributed by atoms with Crippen LogP contribution in [0.4, 0.5) is 0 Å². The van der Waals surface area contributed by atoms with Gasteiger partial charge in [-0.2, -0.15) is 0 Å². The number of rotatable bonds is 3.